The van der Waals surface area contributed by atoms with E-state index in [1.807, 2.05) is 19.1 Å². The van der Waals surface area contributed by atoms with E-state index in [9.17, 15) is 13.2 Å². The van der Waals surface area contributed by atoms with Gasteiger partial charge in [-0.15, -0.1) is 0 Å². The van der Waals surface area contributed by atoms with Crippen molar-refractivity contribution >= 4 is 21.4 Å². The fraction of sp³-hybridized carbons (Fsp3) is 0.400. The molecular formula is C15H19N3O4S. The first kappa shape index (κ1) is 17.1. The van der Waals surface area contributed by atoms with E-state index in [4.69, 9.17) is 4.52 Å². The van der Waals surface area contributed by atoms with Gasteiger partial charge in [0.2, 0.25) is 11.8 Å². The van der Waals surface area contributed by atoms with Crippen LogP contribution in [0.2, 0.25) is 0 Å². The number of nitrogens with zero attached hydrogens (tertiary/aromatic N) is 2. The second-order valence-corrected chi connectivity index (χ2v) is 7.54. The molecule has 1 heterocycles. The maximum absolute atomic E-state index is 12.3. The van der Waals surface area contributed by atoms with E-state index in [2.05, 4.69) is 15.5 Å². The summed E-state index contributed by atoms with van der Waals surface area (Å²) < 4.78 is 29.3. The summed E-state index contributed by atoms with van der Waals surface area (Å²) in [6.07, 6.45) is 0.892. The van der Waals surface area contributed by atoms with Gasteiger partial charge in [0.15, 0.2) is 15.7 Å². The number of hydrogen-bond donors (Lipinski definition) is 1. The van der Waals surface area contributed by atoms with Gasteiger partial charge in [0, 0.05) is 12.6 Å². The van der Waals surface area contributed by atoms with E-state index in [1.54, 1.807) is 19.1 Å². The summed E-state index contributed by atoms with van der Waals surface area (Å²) in [4.78, 5) is 16.0. The number of aryl methyl sites for hydroxylation is 2. The number of anilines is 1. The van der Waals surface area contributed by atoms with Crippen molar-refractivity contribution in [2.24, 2.45) is 0 Å². The number of rotatable bonds is 6. The minimum absolute atomic E-state index is 0.0504. The van der Waals surface area contributed by atoms with Crippen LogP contribution in [0, 0.1) is 6.92 Å². The lowest BCUT2D eigenvalue weighted by Gasteiger charge is -2.12. The summed E-state index contributed by atoms with van der Waals surface area (Å²) in [7, 11) is -3.73. The van der Waals surface area contributed by atoms with Gasteiger partial charge in [-0.05, 0) is 31.0 Å². The summed E-state index contributed by atoms with van der Waals surface area (Å²) in [5.74, 6) is -0.694. The maximum Gasteiger partial charge on any atom is 0.242 e. The predicted octanol–water partition coefficient (Wildman–Crippen LogP) is 1.88. The van der Waals surface area contributed by atoms with E-state index < -0.39 is 26.7 Å². The number of benzene rings is 1. The van der Waals surface area contributed by atoms with Crippen molar-refractivity contribution in [1.29, 1.82) is 0 Å². The molecule has 0 aliphatic rings. The van der Waals surface area contributed by atoms with E-state index in [-0.39, 0.29) is 11.7 Å². The fourth-order valence-corrected chi connectivity index (χ4v) is 3.05. The molecule has 0 bridgehead atoms. The van der Waals surface area contributed by atoms with E-state index in [1.165, 1.54) is 6.92 Å². The van der Waals surface area contributed by atoms with E-state index in [0.717, 1.165) is 12.0 Å². The SMILES string of the molecule is CCc1ccc(NC(=O)C(C)S(=O)(=O)Cc2noc(C)n2)cc1. The summed E-state index contributed by atoms with van der Waals surface area (Å²) in [6.45, 7) is 4.94. The van der Waals surface area contributed by atoms with Crippen LogP contribution in [0.15, 0.2) is 28.8 Å². The Hall–Kier alpha value is -2.22. The summed E-state index contributed by atoms with van der Waals surface area (Å²) in [6, 6.07) is 7.27. The zero-order valence-electron chi connectivity index (χ0n) is 13.2. The monoisotopic (exact) mass is 337 g/mol. The number of nitrogens with one attached hydrogen (secondary N) is 1. The molecule has 2 aromatic rings. The zero-order chi connectivity index (χ0) is 17.0. The Morgan fingerprint density at radius 3 is 2.48 bits per heavy atom. The Morgan fingerprint density at radius 2 is 1.96 bits per heavy atom. The minimum Gasteiger partial charge on any atom is -0.340 e. The Kier molecular flexibility index (Phi) is 5.15. The smallest absolute Gasteiger partial charge is 0.242 e. The van der Waals surface area contributed by atoms with Crippen molar-refractivity contribution < 1.29 is 17.7 Å². The highest BCUT2D eigenvalue weighted by atomic mass is 32.2. The highest BCUT2D eigenvalue weighted by Gasteiger charge is 2.29. The molecule has 124 valence electrons. The second-order valence-electron chi connectivity index (χ2n) is 5.22. The quantitative estimate of drug-likeness (QED) is 0.863. The molecule has 1 aromatic heterocycles. The van der Waals surface area contributed by atoms with Gasteiger partial charge in [-0.1, -0.05) is 24.2 Å². The zero-order valence-corrected chi connectivity index (χ0v) is 14.1. The van der Waals surface area contributed by atoms with Crippen LogP contribution in [0.1, 0.15) is 31.1 Å². The molecule has 1 atom stereocenters. The van der Waals surface area contributed by atoms with E-state index >= 15 is 0 Å². The van der Waals surface area contributed by atoms with Crippen LogP contribution in [-0.2, 0) is 26.8 Å². The third-order valence-corrected chi connectivity index (χ3v) is 5.39. The molecule has 2 rings (SSSR count). The molecule has 0 saturated carbocycles. The van der Waals surface area contributed by atoms with Crippen LogP contribution in [-0.4, -0.2) is 29.7 Å². The minimum atomic E-state index is -3.73. The fourth-order valence-electron chi connectivity index (χ4n) is 1.94. The molecular weight excluding hydrogens is 318 g/mol. The number of sulfone groups is 1. The molecule has 0 radical (unpaired) electrons. The Labute approximate surface area is 135 Å². The van der Waals surface area contributed by atoms with Gasteiger partial charge < -0.3 is 9.84 Å². The van der Waals surface area contributed by atoms with Crippen LogP contribution in [0.4, 0.5) is 5.69 Å². The van der Waals surface area contributed by atoms with Gasteiger partial charge >= 0.3 is 0 Å². The Balaban J connectivity index is 2.05. The molecule has 1 unspecified atom stereocenters. The number of carbonyl (C=O) groups excluding carboxylic acids is 1. The molecule has 1 N–H and O–H groups in total. The number of carbonyl (C=O) groups is 1. The average molecular weight is 337 g/mol. The van der Waals surface area contributed by atoms with Crippen LogP contribution in [0.5, 0.6) is 0 Å². The summed E-state index contributed by atoms with van der Waals surface area (Å²) in [5.41, 5.74) is 1.70. The third kappa shape index (κ3) is 4.38. The number of hydrogen-bond acceptors (Lipinski definition) is 6. The molecule has 0 spiro atoms. The second kappa shape index (κ2) is 6.91. The van der Waals surface area contributed by atoms with Crippen LogP contribution >= 0.6 is 0 Å². The van der Waals surface area contributed by atoms with Gasteiger partial charge in [0.05, 0.1) is 0 Å². The van der Waals surface area contributed by atoms with Crippen LogP contribution < -0.4 is 5.32 Å². The molecule has 0 fully saturated rings. The number of amides is 1. The topological polar surface area (TPSA) is 102 Å². The lowest BCUT2D eigenvalue weighted by Crippen LogP contribution is -2.33. The average Bonchev–Trinajstić information content (AvgIpc) is 2.91. The van der Waals surface area contributed by atoms with Crippen molar-refractivity contribution in [3.63, 3.8) is 0 Å². The molecule has 7 nitrogen and oxygen atoms in total. The van der Waals surface area contributed by atoms with Crippen molar-refractivity contribution in [3.8, 4) is 0 Å². The van der Waals surface area contributed by atoms with Gasteiger partial charge in [-0.3, -0.25) is 4.79 Å². The normalized spacial score (nSPS) is 12.8. The first-order chi connectivity index (χ1) is 10.8. The molecule has 0 saturated heterocycles. The number of aromatic nitrogens is 2. The highest BCUT2D eigenvalue weighted by Crippen LogP contribution is 2.14. The lowest BCUT2D eigenvalue weighted by atomic mass is 10.1. The maximum atomic E-state index is 12.3. The van der Waals surface area contributed by atoms with Crippen molar-refractivity contribution in [2.75, 3.05) is 5.32 Å². The van der Waals surface area contributed by atoms with Gasteiger partial charge in [-0.2, -0.15) is 4.98 Å². The Morgan fingerprint density at radius 1 is 1.30 bits per heavy atom. The first-order valence-electron chi connectivity index (χ1n) is 7.22. The first-order valence-corrected chi connectivity index (χ1v) is 8.94. The molecule has 8 heteroatoms. The van der Waals surface area contributed by atoms with Crippen molar-refractivity contribution in [3.05, 3.63) is 41.5 Å². The molecule has 1 aromatic carbocycles. The van der Waals surface area contributed by atoms with E-state index in [0.29, 0.717) is 5.69 Å². The van der Waals surface area contributed by atoms with Crippen molar-refractivity contribution in [1.82, 2.24) is 10.1 Å². The van der Waals surface area contributed by atoms with Gasteiger partial charge in [-0.25, -0.2) is 8.42 Å². The lowest BCUT2D eigenvalue weighted by molar-refractivity contribution is -0.115. The summed E-state index contributed by atoms with van der Waals surface area (Å²) >= 11 is 0. The highest BCUT2D eigenvalue weighted by molar-refractivity contribution is 7.92. The van der Waals surface area contributed by atoms with Gasteiger partial charge in [0.1, 0.15) is 11.0 Å². The van der Waals surface area contributed by atoms with Gasteiger partial charge in [0.25, 0.3) is 0 Å². The largest absolute Gasteiger partial charge is 0.340 e. The molecule has 1 amide bonds. The van der Waals surface area contributed by atoms with Crippen LogP contribution in [0.25, 0.3) is 0 Å². The molecule has 0 aliphatic heterocycles. The molecule has 0 aliphatic carbocycles. The summed E-state index contributed by atoms with van der Waals surface area (Å²) in [5, 5.41) is 4.94. The standard InChI is InChI=1S/C15H19N3O4S/c1-4-12-5-7-13(8-6-12)17-15(19)10(2)23(20,21)9-14-16-11(3)22-18-14/h5-8,10H,4,9H2,1-3H3,(H,17,19). The molecule has 23 heavy (non-hydrogen) atoms. The predicted molar refractivity (Wildman–Crippen MR) is 85.6 cm³/mol. The Bertz CT molecular complexity index is 781. The van der Waals surface area contributed by atoms with Crippen LogP contribution in [0.3, 0.4) is 0 Å². The third-order valence-electron chi connectivity index (χ3n) is 3.44. The van der Waals surface area contributed by atoms with Crippen molar-refractivity contribution in [2.45, 2.75) is 38.2 Å².